The maximum Gasteiger partial charge on any atom is 0.0468 e. The van der Waals surface area contributed by atoms with Crippen molar-refractivity contribution >= 4 is 23.2 Å². The molecule has 2 N–H and O–H groups in total. The number of nitrogens with two attached hydrogens (primary N) is 1. The Hall–Kier alpha value is -0.240. The van der Waals surface area contributed by atoms with Gasteiger partial charge in [0.25, 0.3) is 0 Å². The highest BCUT2D eigenvalue weighted by molar-refractivity contribution is 6.36. The summed E-state index contributed by atoms with van der Waals surface area (Å²) in [6, 6.07) is 5.40. The minimum atomic E-state index is -0.0822. The Morgan fingerprint density at radius 2 is 1.79 bits per heavy atom. The van der Waals surface area contributed by atoms with Crippen LogP contribution in [0.5, 0.6) is 0 Å². The predicted octanol–water partition coefficient (Wildman–Crippen LogP) is 4.04. The van der Waals surface area contributed by atoms with Gasteiger partial charge in [-0.2, -0.15) is 0 Å². The molecule has 2 atom stereocenters. The highest BCUT2D eigenvalue weighted by atomic mass is 35.5. The summed E-state index contributed by atoms with van der Waals surface area (Å²) in [5.74, 6) is 0.382. The molecule has 0 aliphatic heterocycles. The molecule has 78 valence electrons. The third-order valence-electron chi connectivity index (χ3n) is 2.59. The first-order valence-corrected chi connectivity index (χ1v) is 5.53. The van der Waals surface area contributed by atoms with Crippen LogP contribution in [0.25, 0.3) is 0 Å². The number of hydrogen-bond donors (Lipinski definition) is 1. The Kier molecular flexibility index (Phi) is 4.24. The Labute approximate surface area is 95.2 Å². The van der Waals surface area contributed by atoms with Gasteiger partial charge in [-0.3, -0.25) is 0 Å². The predicted molar refractivity (Wildman–Crippen MR) is 62.8 cm³/mol. The minimum absolute atomic E-state index is 0.0822. The van der Waals surface area contributed by atoms with Crippen molar-refractivity contribution in [1.82, 2.24) is 0 Å². The Balaban J connectivity index is 3.05. The molecule has 0 heterocycles. The molecular formula is C11H15Cl2N. The summed E-state index contributed by atoms with van der Waals surface area (Å²) in [7, 11) is 0. The Morgan fingerprint density at radius 3 is 2.21 bits per heavy atom. The fraction of sp³-hybridized carbons (Fsp3) is 0.455. The molecule has 0 aliphatic rings. The van der Waals surface area contributed by atoms with Crippen molar-refractivity contribution in [2.45, 2.75) is 26.3 Å². The molecule has 0 aromatic heterocycles. The van der Waals surface area contributed by atoms with E-state index in [4.69, 9.17) is 28.9 Å². The van der Waals surface area contributed by atoms with Crippen LogP contribution in [-0.2, 0) is 0 Å². The normalized spacial score (nSPS) is 15.2. The van der Waals surface area contributed by atoms with Gasteiger partial charge >= 0.3 is 0 Å². The molecule has 1 aromatic rings. The highest BCUT2D eigenvalue weighted by Gasteiger charge is 2.18. The van der Waals surface area contributed by atoms with E-state index in [2.05, 4.69) is 13.8 Å². The lowest BCUT2D eigenvalue weighted by Gasteiger charge is -2.20. The molecule has 0 saturated heterocycles. The van der Waals surface area contributed by atoms with E-state index in [0.717, 1.165) is 12.0 Å². The maximum atomic E-state index is 6.08. The van der Waals surface area contributed by atoms with E-state index in [1.807, 2.05) is 18.2 Å². The van der Waals surface area contributed by atoms with E-state index < -0.39 is 0 Å². The second-order valence-electron chi connectivity index (χ2n) is 3.55. The second kappa shape index (κ2) is 5.01. The summed E-state index contributed by atoms with van der Waals surface area (Å²) in [6.45, 7) is 4.21. The molecule has 0 aliphatic carbocycles. The molecule has 0 radical (unpaired) electrons. The van der Waals surface area contributed by atoms with Gasteiger partial charge in [-0.1, -0.05) is 49.5 Å². The van der Waals surface area contributed by atoms with Gasteiger partial charge in [0.2, 0.25) is 0 Å². The van der Waals surface area contributed by atoms with Crippen LogP contribution in [0.15, 0.2) is 18.2 Å². The maximum absolute atomic E-state index is 6.08. The second-order valence-corrected chi connectivity index (χ2v) is 4.36. The first-order valence-electron chi connectivity index (χ1n) is 4.77. The van der Waals surface area contributed by atoms with Crippen molar-refractivity contribution in [3.63, 3.8) is 0 Å². The molecule has 1 nitrogen and oxygen atoms in total. The average molecular weight is 232 g/mol. The van der Waals surface area contributed by atoms with Gasteiger partial charge < -0.3 is 5.73 Å². The van der Waals surface area contributed by atoms with Crippen LogP contribution in [0.4, 0.5) is 0 Å². The van der Waals surface area contributed by atoms with Gasteiger partial charge in [-0.15, -0.1) is 0 Å². The summed E-state index contributed by atoms with van der Waals surface area (Å²) < 4.78 is 0. The number of hydrogen-bond acceptors (Lipinski definition) is 1. The van der Waals surface area contributed by atoms with Crippen molar-refractivity contribution in [2.75, 3.05) is 0 Å². The van der Waals surface area contributed by atoms with Crippen LogP contribution >= 0.6 is 23.2 Å². The Morgan fingerprint density at radius 1 is 1.29 bits per heavy atom. The zero-order valence-corrected chi connectivity index (χ0v) is 9.94. The van der Waals surface area contributed by atoms with Crippen LogP contribution in [0.2, 0.25) is 10.0 Å². The topological polar surface area (TPSA) is 26.0 Å². The lowest BCUT2D eigenvalue weighted by Crippen LogP contribution is -2.19. The first-order chi connectivity index (χ1) is 6.57. The first kappa shape index (κ1) is 11.8. The number of benzene rings is 1. The minimum Gasteiger partial charge on any atom is -0.324 e. The lowest BCUT2D eigenvalue weighted by atomic mass is 9.93. The third-order valence-corrected chi connectivity index (χ3v) is 3.25. The van der Waals surface area contributed by atoms with Crippen molar-refractivity contribution in [3.8, 4) is 0 Å². The number of halogens is 2. The smallest absolute Gasteiger partial charge is 0.0468 e. The molecular weight excluding hydrogens is 217 g/mol. The van der Waals surface area contributed by atoms with Crippen LogP contribution in [0.3, 0.4) is 0 Å². The molecule has 1 unspecified atom stereocenters. The monoisotopic (exact) mass is 231 g/mol. The standard InChI is InChI=1S/C11H15Cl2N/c1-3-7(2)11(14)10-8(12)5-4-6-9(10)13/h4-7,11H,3,14H2,1-2H3/t7?,11-/m0/s1. The fourth-order valence-corrected chi connectivity index (χ4v) is 2.02. The summed E-state index contributed by atoms with van der Waals surface area (Å²) in [4.78, 5) is 0. The van der Waals surface area contributed by atoms with E-state index in [0.29, 0.717) is 16.0 Å². The third kappa shape index (κ3) is 2.41. The van der Waals surface area contributed by atoms with E-state index in [1.165, 1.54) is 0 Å². The van der Waals surface area contributed by atoms with Crippen molar-refractivity contribution < 1.29 is 0 Å². The summed E-state index contributed by atoms with van der Waals surface area (Å²) >= 11 is 12.1. The average Bonchev–Trinajstić information content (AvgIpc) is 2.16. The number of rotatable bonds is 3. The largest absolute Gasteiger partial charge is 0.324 e. The molecule has 0 amide bonds. The van der Waals surface area contributed by atoms with Crippen LogP contribution < -0.4 is 5.73 Å². The van der Waals surface area contributed by atoms with E-state index >= 15 is 0 Å². The van der Waals surface area contributed by atoms with E-state index in [-0.39, 0.29) is 6.04 Å². The summed E-state index contributed by atoms with van der Waals surface area (Å²) in [5, 5.41) is 1.32. The quantitative estimate of drug-likeness (QED) is 0.836. The van der Waals surface area contributed by atoms with Crippen molar-refractivity contribution in [3.05, 3.63) is 33.8 Å². The highest BCUT2D eigenvalue weighted by Crippen LogP contribution is 2.33. The van der Waals surface area contributed by atoms with Gasteiger partial charge in [0, 0.05) is 21.7 Å². The SMILES string of the molecule is CCC(C)[C@H](N)c1c(Cl)cccc1Cl. The zero-order chi connectivity index (χ0) is 10.7. The molecule has 14 heavy (non-hydrogen) atoms. The molecule has 0 saturated carbocycles. The lowest BCUT2D eigenvalue weighted by molar-refractivity contribution is 0.457. The molecule has 0 fully saturated rings. The van der Waals surface area contributed by atoms with Gasteiger partial charge in [0.05, 0.1) is 0 Å². The molecule has 0 spiro atoms. The van der Waals surface area contributed by atoms with E-state index in [1.54, 1.807) is 0 Å². The summed E-state index contributed by atoms with van der Waals surface area (Å²) in [5.41, 5.74) is 6.95. The van der Waals surface area contributed by atoms with Gasteiger partial charge in [0.1, 0.15) is 0 Å². The zero-order valence-electron chi connectivity index (χ0n) is 8.43. The van der Waals surface area contributed by atoms with Crippen LogP contribution in [0, 0.1) is 5.92 Å². The molecule has 3 heteroatoms. The Bertz CT molecular complexity index is 292. The van der Waals surface area contributed by atoms with Crippen LogP contribution in [-0.4, -0.2) is 0 Å². The fourth-order valence-electron chi connectivity index (χ4n) is 1.37. The van der Waals surface area contributed by atoms with Gasteiger partial charge in [-0.05, 0) is 18.1 Å². The molecule has 0 bridgehead atoms. The van der Waals surface area contributed by atoms with Gasteiger partial charge in [-0.25, -0.2) is 0 Å². The van der Waals surface area contributed by atoms with Gasteiger partial charge in [0.15, 0.2) is 0 Å². The molecule has 1 rings (SSSR count). The molecule has 1 aromatic carbocycles. The van der Waals surface area contributed by atoms with Crippen molar-refractivity contribution in [2.24, 2.45) is 11.7 Å². The van der Waals surface area contributed by atoms with Crippen molar-refractivity contribution in [1.29, 1.82) is 0 Å². The van der Waals surface area contributed by atoms with Crippen LogP contribution in [0.1, 0.15) is 31.9 Å². The van der Waals surface area contributed by atoms with E-state index in [9.17, 15) is 0 Å². The summed E-state index contributed by atoms with van der Waals surface area (Å²) in [6.07, 6.45) is 1.02.